The third kappa shape index (κ3) is 2.20. The van der Waals surface area contributed by atoms with Gasteiger partial charge in [0.05, 0.1) is 5.41 Å². The average Bonchev–Trinajstić information content (AvgIpc) is 3.02. The topological polar surface area (TPSA) is 68.0 Å². The van der Waals surface area contributed by atoms with Gasteiger partial charge in [0.1, 0.15) is 5.82 Å². The van der Waals surface area contributed by atoms with Gasteiger partial charge in [0.15, 0.2) is 0 Å². The molecule has 1 spiro atoms. The lowest BCUT2D eigenvalue weighted by Gasteiger charge is -2.23. The van der Waals surface area contributed by atoms with Crippen molar-refractivity contribution in [3.63, 3.8) is 0 Å². The van der Waals surface area contributed by atoms with Gasteiger partial charge in [0, 0.05) is 18.3 Å². The molecule has 0 saturated heterocycles. The largest absolute Gasteiger partial charge is 0.383 e. The maximum absolute atomic E-state index is 13.2. The highest BCUT2D eigenvalue weighted by Gasteiger charge is 2.72. The predicted molar refractivity (Wildman–Crippen MR) is 94.1 cm³/mol. The smallest absolute Gasteiger partial charge is 0.231 e. The van der Waals surface area contributed by atoms with Crippen LogP contribution >= 0.6 is 0 Å². The van der Waals surface area contributed by atoms with E-state index in [0.717, 1.165) is 30.4 Å². The lowest BCUT2D eigenvalue weighted by molar-refractivity contribution is -0.124. The highest BCUT2D eigenvalue weighted by Crippen LogP contribution is 2.72. The van der Waals surface area contributed by atoms with Crippen LogP contribution in [0.5, 0.6) is 0 Å². The molecule has 1 amide bonds. The average molecular weight is 321 g/mol. The van der Waals surface area contributed by atoms with Crippen molar-refractivity contribution in [3.8, 4) is 0 Å². The molecule has 2 saturated carbocycles. The molecular formula is C20H23N3O. The summed E-state index contributed by atoms with van der Waals surface area (Å²) in [5.41, 5.74) is 7.73. The zero-order valence-corrected chi connectivity index (χ0v) is 13.8. The van der Waals surface area contributed by atoms with Crippen molar-refractivity contribution in [2.45, 2.75) is 44.1 Å². The van der Waals surface area contributed by atoms with E-state index in [1.165, 1.54) is 12.8 Å². The molecule has 24 heavy (non-hydrogen) atoms. The molecule has 0 unspecified atom stereocenters. The molecule has 1 atom stereocenters. The molecule has 3 N–H and O–H groups in total. The van der Waals surface area contributed by atoms with E-state index in [2.05, 4.69) is 22.4 Å². The number of hydrogen-bond donors (Lipinski definition) is 2. The molecule has 124 valence electrons. The first-order valence-electron chi connectivity index (χ1n) is 8.71. The standard InChI is InChI=1S/C20H23N3O/c21-17-15(7-6-12-22-17)13-23-18(24)20(16-8-2-1-3-9-16)14-19(20)10-4-5-11-19/h1-3,6-9,12H,4-5,10-11,13-14H2,(H2,21,22)(H,23,24)/t20-/m0/s1. The van der Waals surface area contributed by atoms with Gasteiger partial charge in [-0.1, -0.05) is 49.2 Å². The number of nitrogen functional groups attached to an aromatic ring is 1. The Hall–Kier alpha value is -2.36. The monoisotopic (exact) mass is 321 g/mol. The predicted octanol–water partition coefficient (Wildman–Crippen LogP) is 3.18. The summed E-state index contributed by atoms with van der Waals surface area (Å²) in [7, 11) is 0. The number of carbonyl (C=O) groups excluding carboxylic acids is 1. The van der Waals surface area contributed by atoms with Crippen LogP contribution in [-0.4, -0.2) is 10.9 Å². The maximum atomic E-state index is 13.2. The zero-order chi connectivity index (χ0) is 16.6. The lowest BCUT2D eigenvalue weighted by Crippen LogP contribution is -2.38. The van der Waals surface area contributed by atoms with E-state index in [9.17, 15) is 4.79 Å². The third-order valence-electron chi connectivity index (χ3n) is 5.96. The van der Waals surface area contributed by atoms with E-state index < -0.39 is 0 Å². The Bertz CT molecular complexity index is 752. The van der Waals surface area contributed by atoms with Crippen molar-refractivity contribution >= 4 is 11.7 Å². The number of anilines is 1. The summed E-state index contributed by atoms with van der Waals surface area (Å²) >= 11 is 0. The van der Waals surface area contributed by atoms with E-state index in [0.29, 0.717) is 12.4 Å². The number of nitrogens with one attached hydrogen (secondary N) is 1. The van der Waals surface area contributed by atoms with Gasteiger partial charge in [-0.3, -0.25) is 4.79 Å². The Morgan fingerprint density at radius 1 is 1.12 bits per heavy atom. The molecule has 2 aromatic rings. The molecule has 2 fully saturated rings. The Morgan fingerprint density at radius 2 is 1.88 bits per heavy atom. The highest BCUT2D eigenvalue weighted by molar-refractivity contribution is 5.93. The normalized spacial score (nSPS) is 24.0. The van der Waals surface area contributed by atoms with Crippen molar-refractivity contribution in [2.75, 3.05) is 5.73 Å². The molecule has 4 rings (SSSR count). The van der Waals surface area contributed by atoms with Crippen LogP contribution in [0.15, 0.2) is 48.7 Å². The molecule has 0 aliphatic heterocycles. The number of benzene rings is 1. The Kier molecular flexibility index (Phi) is 3.56. The van der Waals surface area contributed by atoms with Crippen molar-refractivity contribution in [3.05, 3.63) is 59.8 Å². The number of nitrogens with zero attached hydrogens (tertiary/aromatic N) is 1. The number of hydrogen-bond acceptors (Lipinski definition) is 3. The molecule has 4 heteroatoms. The maximum Gasteiger partial charge on any atom is 0.231 e. The fourth-order valence-electron chi connectivity index (χ4n) is 4.63. The summed E-state index contributed by atoms with van der Waals surface area (Å²) in [6, 6.07) is 14.0. The van der Waals surface area contributed by atoms with Gasteiger partial charge in [-0.25, -0.2) is 4.98 Å². The van der Waals surface area contributed by atoms with Crippen LogP contribution in [0.2, 0.25) is 0 Å². The van der Waals surface area contributed by atoms with Crippen molar-refractivity contribution < 1.29 is 4.79 Å². The second kappa shape index (κ2) is 5.62. The number of pyridine rings is 1. The summed E-state index contributed by atoms with van der Waals surface area (Å²) in [6.07, 6.45) is 7.42. The van der Waals surface area contributed by atoms with E-state index in [-0.39, 0.29) is 16.7 Å². The van der Waals surface area contributed by atoms with E-state index in [1.54, 1.807) is 6.20 Å². The van der Waals surface area contributed by atoms with Gasteiger partial charge in [-0.2, -0.15) is 0 Å². The minimum atomic E-state index is -0.359. The summed E-state index contributed by atoms with van der Waals surface area (Å²) in [6.45, 7) is 0.434. The molecule has 1 aromatic carbocycles. The molecule has 0 radical (unpaired) electrons. The molecule has 2 aliphatic rings. The van der Waals surface area contributed by atoms with Gasteiger partial charge in [-0.05, 0) is 36.3 Å². The van der Waals surface area contributed by atoms with Crippen LogP contribution in [0.4, 0.5) is 5.82 Å². The minimum absolute atomic E-state index is 0.138. The first-order chi connectivity index (χ1) is 11.7. The van der Waals surface area contributed by atoms with E-state index in [1.807, 2.05) is 30.3 Å². The van der Waals surface area contributed by atoms with Gasteiger partial charge in [0.25, 0.3) is 0 Å². The second-order valence-electron chi connectivity index (χ2n) is 7.17. The fourth-order valence-corrected chi connectivity index (χ4v) is 4.63. The van der Waals surface area contributed by atoms with Crippen LogP contribution in [-0.2, 0) is 16.8 Å². The third-order valence-corrected chi connectivity index (χ3v) is 5.96. The van der Waals surface area contributed by atoms with E-state index >= 15 is 0 Å². The SMILES string of the molecule is Nc1ncccc1CNC(=O)[C@@]1(c2ccccc2)CC12CCCC2. The number of nitrogens with two attached hydrogens (primary N) is 1. The van der Waals surface area contributed by atoms with Crippen molar-refractivity contribution in [2.24, 2.45) is 5.41 Å². The molecule has 1 aromatic heterocycles. The van der Waals surface area contributed by atoms with Crippen LogP contribution in [0.1, 0.15) is 43.2 Å². The summed E-state index contributed by atoms with van der Waals surface area (Å²) in [4.78, 5) is 17.3. The molecule has 4 nitrogen and oxygen atoms in total. The van der Waals surface area contributed by atoms with E-state index in [4.69, 9.17) is 5.73 Å². The summed E-state index contributed by atoms with van der Waals surface area (Å²) in [5, 5.41) is 3.13. The number of carbonyl (C=O) groups is 1. The van der Waals surface area contributed by atoms with Crippen LogP contribution in [0.3, 0.4) is 0 Å². The Morgan fingerprint density at radius 3 is 2.58 bits per heavy atom. The molecular weight excluding hydrogens is 298 g/mol. The van der Waals surface area contributed by atoms with Gasteiger partial charge in [-0.15, -0.1) is 0 Å². The first-order valence-corrected chi connectivity index (χ1v) is 8.71. The first kappa shape index (κ1) is 15.2. The summed E-state index contributed by atoms with van der Waals surface area (Å²) in [5.74, 6) is 0.622. The quantitative estimate of drug-likeness (QED) is 0.909. The number of aromatic nitrogens is 1. The second-order valence-corrected chi connectivity index (χ2v) is 7.17. The zero-order valence-electron chi connectivity index (χ0n) is 13.8. The number of amides is 1. The van der Waals surface area contributed by atoms with Crippen molar-refractivity contribution in [1.82, 2.24) is 10.3 Å². The molecule has 0 bridgehead atoms. The Labute approximate surface area is 142 Å². The Balaban J connectivity index is 1.59. The van der Waals surface area contributed by atoms with Crippen LogP contribution < -0.4 is 11.1 Å². The molecule has 2 aliphatic carbocycles. The van der Waals surface area contributed by atoms with Crippen LogP contribution in [0.25, 0.3) is 0 Å². The summed E-state index contributed by atoms with van der Waals surface area (Å²) < 4.78 is 0. The molecule has 1 heterocycles. The highest BCUT2D eigenvalue weighted by atomic mass is 16.2. The van der Waals surface area contributed by atoms with Crippen molar-refractivity contribution in [1.29, 1.82) is 0 Å². The van der Waals surface area contributed by atoms with Gasteiger partial charge >= 0.3 is 0 Å². The fraction of sp³-hybridized carbons (Fsp3) is 0.400. The van der Waals surface area contributed by atoms with Crippen LogP contribution in [0, 0.1) is 5.41 Å². The van der Waals surface area contributed by atoms with Gasteiger partial charge in [0.2, 0.25) is 5.91 Å². The number of rotatable bonds is 4. The minimum Gasteiger partial charge on any atom is -0.383 e. The lowest BCUT2D eigenvalue weighted by atomic mass is 9.84. The van der Waals surface area contributed by atoms with Gasteiger partial charge < -0.3 is 11.1 Å².